The number of carbonyl (C=O) groups excluding carboxylic acids is 6. The van der Waals surface area contributed by atoms with E-state index in [9.17, 15) is 28.8 Å². The first-order valence-corrected chi connectivity index (χ1v) is 20.4. The molecule has 0 aliphatic carbocycles. The van der Waals surface area contributed by atoms with Gasteiger partial charge in [0, 0.05) is 10.0 Å². The van der Waals surface area contributed by atoms with Crippen LogP contribution in [0.2, 0.25) is 40.2 Å². The van der Waals surface area contributed by atoms with Crippen molar-refractivity contribution in [1.29, 1.82) is 0 Å². The summed E-state index contributed by atoms with van der Waals surface area (Å²) < 4.78 is 0. The zero-order valence-corrected chi connectivity index (χ0v) is 37.5. The van der Waals surface area contributed by atoms with Gasteiger partial charge < -0.3 is 21.3 Å². The number of azo groups is 2. The minimum atomic E-state index is -1.71. The molecule has 4 amide bonds. The van der Waals surface area contributed by atoms with Crippen LogP contribution in [0.5, 0.6) is 0 Å². The van der Waals surface area contributed by atoms with Gasteiger partial charge in [-0.2, -0.15) is 20.5 Å². The summed E-state index contributed by atoms with van der Waals surface area (Å²) in [5, 5.41) is 26.1. The average Bonchev–Trinajstić information content (AvgIpc) is 3.21. The van der Waals surface area contributed by atoms with Crippen LogP contribution in [0.4, 0.5) is 34.1 Å². The van der Waals surface area contributed by atoms with Crippen LogP contribution in [0.25, 0.3) is 0 Å². The van der Waals surface area contributed by atoms with Gasteiger partial charge >= 0.3 is 0 Å². The highest BCUT2D eigenvalue weighted by molar-refractivity contribution is 6.46. The SMILES string of the molecule is CC(=O)C(N=Nc1cccc(C(=O)Nc2cc(Cl)ccc2Cl)c1Cl)C(=O)Nc1ccc(NC(=O)C(N=Nc2cccc(C(=O)Nc3cc(Cl)ccc3Cl)c2Cl)C(C)=O)c(Cl)c1Cl. The summed E-state index contributed by atoms with van der Waals surface area (Å²) in [4.78, 5) is 77.7. The molecule has 14 nitrogen and oxygen atoms in total. The third-order valence-electron chi connectivity index (χ3n) is 8.23. The lowest BCUT2D eigenvalue weighted by Gasteiger charge is -2.15. The van der Waals surface area contributed by atoms with Crippen molar-refractivity contribution in [3.05, 3.63) is 136 Å². The maximum atomic E-state index is 13.3. The number of ketones is 2. The fraction of sp³-hybridized carbons (Fsp3) is 0.100. The monoisotopic (exact) mass is 994 g/mol. The van der Waals surface area contributed by atoms with Gasteiger partial charge in [0.1, 0.15) is 11.4 Å². The third kappa shape index (κ3) is 11.8. The molecule has 0 saturated carbocycles. The Labute approximate surface area is 392 Å². The standard InChI is InChI=1S/C40H26Cl8N8O6/c1-17(57)35(55-53-27-7-3-5-21(31(27)45)37(59)51-29-15-19(41)9-11-23(29)43)39(61)49-25-13-14-26(34(48)33(25)47)50-40(62)36(18(2)58)56-54-28-8-4-6-22(32(28)46)38(60)52-30-16-20(42)10-12-24(30)44/h3-16,35-36H,1-2H3,(H,49,61)(H,50,62)(H,51,59)(H,52,60). The van der Waals surface area contributed by atoms with Gasteiger partial charge in [-0.3, -0.25) is 28.8 Å². The van der Waals surface area contributed by atoms with Crippen molar-refractivity contribution in [3.63, 3.8) is 0 Å². The van der Waals surface area contributed by atoms with Crippen LogP contribution in [0, 0.1) is 0 Å². The fourth-order valence-corrected chi connectivity index (χ4v) is 6.73. The summed E-state index contributed by atoms with van der Waals surface area (Å²) in [6.45, 7) is 2.19. The topological polar surface area (TPSA) is 200 Å². The first-order chi connectivity index (χ1) is 29.4. The van der Waals surface area contributed by atoms with E-state index in [2.05, 4.69) is 41.7 Å². The van der Waals surface area contributed by atoms with Crippen LogP contribution in [0.1, 0.15) is 34.6 Å². The van der Waals surface area contributed by atoms with E-state index in [1.165, 1.54) is 72.8 Å². The van der Waals surface area contributed by atoms with Crippen LogP contribution in [-0.2, 0) is 19.2 Å². The predicted molar refractivity (Wildman–Crippen MR) is 243 cm³/mol. The number of hydrogen-bond acceptors (Lipinski definition) is 10. The van der Waals surface area contributed by atoms with Crippen molar-refractivity contribution in [2.45, 2.75) is 25.9 Å². The summed E-state index contributed by atoms with van der Waals surface area (Å²) >= 11 is 50.2. The first kappa shape index (κ1) is 47.9. The molecule has 318 valence electrons. The minimum absolute atomic E-state index is 0.0212. The van der Waals surface area contributed by atoms with E-state index in [-0.39, 0.29) is 75.4 Å². The molecule has 0 radical (unpaired) electrons. The Kier molecular flexibility index (Phi) is 16.4. The Morgan fingerprint density at radius 3 is 1.18 bits per heavy atom. The van der Waals surface area contributed by atoms with Crippen molar-refractivity contribution in [3.8, 4) is 0 Å². The molecule has 5 aromatic rings. The number of Topliss-reactive ketones (excluding diaryl/α,β-unsaturated/α-hetero) is 2. The second-order valence-electron chi connectivity index (χ2n) is 12.7. The Balaban J connectivity index is 1.27. The van der Waals surface area contributed by atoms with Crippen LogP contribution in [0.3, 0.4) is 0 Å². The highest BCUT2D eigenvalue weighted by Gasteiger charge is 2.28. The highest BCUT2D eigenvalue weighted by atomic mass is 35.5. The number of rotatable bonds is 14. The molecular formula is C40H26Cl8N8O6. The Bertz CT molecular complexity index is 2530. The van der Waals surface area contributed by atoms with Crippen molar-refractivity contribution >= 4 is 162 Å². The van der Waals surface area contributed by atoms with E-state index in [1.807, 2.05) is 0 Å². The van der Waals surface area contributed by atoms with E-state index in [4.69, 9.17) is 92.8 Å². The second kappa shape index (κ2) is 21.3. The van der Waals surface area contributed by atoms with Crippen molar-refractivity contribution in [1.82, 2.24) is 0 Å². The molecule has 0 bridgehead atoms. The Morgan fingerprint density at radius 1 is 0.452 bits per heavy atom. The van der Waals surface area contributed by atoms with Crippen molar-refractivity contribution < 1.29 is 28.8 Å². The quantitative estimate of drug-likeness (QED) is 0.0630. The van der Waals surface area contributed by atoms with Gasteiger partial charge in [-0.05, 0) is 86.6 Å². The molecule has 0 aliphatic rings. The number of carbonyl (C=O) groups is 6. The summed E-state index contributed by atoms with van der Waals surface area (Å²) in [5.74, 6) is -4.69. The van der Waals surface area contributed by atoms with Gasteiger partial charge in [0.25, 0.3) is 23.6 Å². The van der Waals surface area contributed by atoms with Gasteiger partial charge in [0.2, 0.25) is 12.1 Å². The Morgan fingerprint density at radius 2 is 0.823 bits per heavy atom. The van der Waals surface area contributed by atoms with E-state index in [1.54, 1.807) is 12.1 Å². The average molecular weight is 998 g/mol. The normalized spacial score (nSPS) is 12.2. The molecular weight excluding hydrogens is 972 g/mol. The molecule has 5 aromatic carbocycles. The molecule has 4 N–H and O–H groups in total. The van der Waals surface area contributed by atoms with Gasteiger partial charge in [0.15, 0.2) is 11.6 Å². The molecule has 22 heteroatoms. The lowest BCUT2D eigenvalue weighted by molar-refractivity contribution is -0.127. The molecule has 0 heterocycles. The molecule has 2 atom stereocenters. The maximum absolute atomic E-state index is 13.3. The largest absolute Gasteiger partial charge is 0.322 e. The van der Waals surface area contributed by atoms with Crippen molar-refractivity contribution in [2.24, 2.45) is 20.5 Å². The molecule has 0 fully saturated rings. The van der Waals surface area contributed by atoms with E-state index >= 15 is 0 Å². The zero-order chi connectivity index (χ0) is 45.4. The number of benzene rings is 5. The highest BCUT2D eigenvalue weighted by Crippen LogP contribution is 2.37. The molecule has 2 unspecified atom stereocenters. The summed E-state index contributed by atoms with van der Waals surface area (Å²) in [5.41, 5.74) is 0.161. The molecule has 0 saturated heterocycles. The maximum Gasteiger partial charge on any atom is 0.258 e. The van der Waals surface area contributed by atoms with E-state index in [0.29, 0.717) is 10.0 Å². The summed E-state index contributed by atoms with van der Waals surface area (Å²) in [6, 6.07) is 16.6. The Hall–Kier alpha value is -5.16. The van der Waals surface area contributed by atoms with Gasteiger partial charge in [-0.1, -0.05) is 105 Å². The lowest BCUT2D eigenvalue weighted by Crippen LogP contribution is -2.32. The fourth-order valence-electron chi connectivity index (χ4n) is 5.13. The van der Waals surface area contributed by atoms with Crippen LogP contribution in [0.15, 0.2) is 105 Å². The zero-order valence-electron chi connectivity index (χ0n) is 31.5. The molecule has 0 aromatic heterocycles. The van der Waals surface area contributed by atoms with E-state index < -0.39 is 47.3 Å². The van der Waals surface area contributed by atoms with Gasteiger partial charge in [-0.15, -0.1) is 0 Å². The van der Waals surface area contributed by atoms with Gasteiger partial charge in [0.05, 0.1) is 64.0 Å². The molecule has 62 heavy (non-hydrogen) atoms. The number of halogens is 8. The number of anilines is 4. The van der Waals surface area contributed by atoms with Crippen LogP contribution in [-0.4, -0.2) is 47.3 Å². The predicted octanol–water partition coefficient (Wildman–Crippen LogP) is 12.8. The van der Waals surface area contributed by atoms with Crippen LogP contribution < -0.4 is 21.3 Å². The van der Waals surface area contributed by atoms with Gasteiger partial charge in [-0.25, -0.2) is 0 Å². The van der Waals surface area contributed by atoms with Crippen molar-refractivity contribution in [2.75, 3.05) is 21.3 Å². The summed E-state index contributed by atoms with van der Waals surface area (Å²) in [7, 11) is 0. The molecule has 0 aliphatic heterocycles. The number of nitrogens with zero attached hydrogens (tertiary/aromatic N) is 4. The first-order valence-electron chi connectivity index (χ1n) is 17.4. The van der Waals surface area contributed by atoms with Crippen LogP contribution >= 0.6 is 92.8 Å². The third-order valence-corrected chi connectivity index (χ3v) is 11.0. The second-order valence-corrected chi connectivity index (χ2v) is 15.9. The summed E-state index contributed by atoms with van der Waals surface area (Å²) in [6.07, 6.45) is 0. The minimum Gasteiger partial charge on any atom is -0.322 e. The lowest BCUT2D eigenvalue weighted by atomic mass is 10.1. The van der Waals surface area contributed by atoms with E-state index in [0.717, 1.165) is 13.8 Å². The smallest absolute Gasteiger partial charge is 0.258 e. The molecule has 0 spiro atoms. The number of hydrogen-bond donors (Lipinski definition) is 4. The number of amides is 4. The molecule has 5 rings (SSSR count). The number of nitrogens with one attached hydrogen (secondary N) is 4.